The van der Waals surface area contributed by atoms with Crippen molar-refractivity contribution in [3.63, 3.8) is 0 Å². The molecule has 2 heterocycles. The van der Waals surface area contributed by atoms with Crippen LogP contribution in [0.5, 0.6) is 0 Å². The number of benzene rings is 2. The fraction of sp³-hybridized carbons (Fsp3) is 0.455. The Kier molecular flexibility index (Phi) is 3.59. The van der Waals surface area contributed by atoms with Crippen LogP contribution in [-0.2, 0) is 17.6 Å². The van der Waals surface area contributed by atoms with Crippen molar-refractivity contribution in [1.29, 1.82) is 0 Å². The summed E-state index contributed by atoms with van der Waals surface area (Å²) in [6, 6.07) is 16.0. The van der Waals surface area contributed by atoms with Crippen LogP contribution in [0, 0.1) is 5.92 Å². The van der Waals surface area contributed by atoms with Crippen molar-refractivity contribution >= 4 is 5.69 Å². The van der Waals surface area contributed by atoms with Crippen molar-refractivity contribution in [2.75, 3.05) is 11.9 Å². The van der Waals surface area contributed by atoms with Gasteiger partial charge in [-0.05, 0) is 55.2 Å². The minimum Gasteiger partial charge on any atom is -0.377 e. The molecule has 1 fully saturated rings. The summed E-state index contributed by atoms with van der Waals surface area (Å²) in [6.07, 6.45) is 7.76. The van der Waals surface area contributed by atoms with E-state index >= 15 is 0 Å². The van der Waals surface area contributed by atoms with Crippen molar-refractivity contribution in [2.24, 2.45) is 5.92 Å². The zero-order valence-electron chi connectivity index (χ0n) is 14.1. The molecule has 0 unspecified atom stereocenters. The third kappa shape index (κ3) is 2.28. The lowest BCUT2D eigenvalue weighted by molar-refractivity contribution is -0.0382. The van der Waals surface area contributed by atoms with Crippen molar-refractivity contribution < 1.29 is 4.74 Å². The highest BCUT2D eigenvalue weighted by Gasteiger charge is 2.40. The molecule has 0 bridgehead atoms. The number of aryl methyl sites for hydroxylation is 1. The van der Waals surface area contributed by atoms with E-state index in [1.54, 1.807) is 11.1 Å². The first-order valence-electron chi connectivity index (χ1n) is 9.49. The number of hydrogen-bond donors (Lipinski definition) is 1. The first kappa shape index (κ1) is 14.5. The molecular weight excluding hydrogens is 294 g/mol. The fourth-order valence-electron chi connectivity index (χ4n) is 4.97. The molecule has 124 valence electrons. The van der Waals surface area contributed by atoms with Crippen LogP contribution >= 0.6 is 0 Å². The molecule has 2 aromatic rings. The number of rotatable bonds is 1. The van der Waals surface area contributed by atoms with E-state index in [2.05, 4.69) is 47.8 Å². The topological polar surface area (TPSA) is 21.3 Å². The van der Waals surface area contributed by atoms with Gasteiger partial charge in [0.25, 0.3) is 0 Å². The number of nitrogens with one attached hydrogen (secondary N) is 1. The maximum absolute atomic E-state index is 6.31. The summed E-state index contributed by atoms with van der Waals surface area (Å²) in [5, 5.41) is 3.96. The molecule has 3 aliphatic rings. The van der Waals surface area contributed by atoms with Crippen molar-refractivity contribution in [3.8, 4) is 0 Å². The highest BCUT2D eigenvalue weighted by molar-refractivity contribution is 5.65. The Bertz CT molecular complexity index is 739. The lowest BCUT2D eigenvalue weighted by Gasteiger charge is -2.44. The summed E-state index contributed by atoms with van der Waals surface area (Å²) in [5.74, 6) is 0.537. The molecule has 1 N–H and O–H groups in total. The molecule has 0 amide bonds. The Morgan fingerprint density at radius 3 is 2.71 bits per heavy atom. The first-order chi connectivity index (χ1) is 11.9. The van der Waals surface area contributed by atoms with Crippen LogP contribution in [-0.4, -0.2) is 6.61 Å². The van der Waals surface area contributed by atoms with Crippen LogP contribution < -0.4 is 5.32 Å². The Hall–Kier alpha value is -1.80. The minimum atomic E-state index is 0.257. The van der Waals surface area contributed by atoms with Crippen LogP contribution in [0.3, 0.4) is 0 Å². The van der Waals surface area contributed by atoms with E-state index in [9.17, 15) is 0 Å². The number of anilines is 1. The zero-order valence-corrected chi connectivity index (χ0v) is 14.1. The molecular formula is C22H25NO. The lowest BCUT2D eigenvalue weighted by atomic mass is 9.75. The van der Waals surface area contributed by atoms with Gasteiger partial charge in [-0.3, -0.25) is 0 Å². The quantitative estimate of drug-likeness (QED) is 0.780. The fourth-order valence-corrected chi connectivity index (χ4v) is 4.97. The summed E-state index contributed by atoms with van der Waals surface area (Å²) in [4.78, 5) is 0. The molecule has 5 rings (SSSR count). The predicted molar refractivity (Wildman–Crippen MR) is 97.3 cm³/mol. The van der Waals surface area contributed by atoms with Gasteiger partial charge in [0.15, 0.2) is 0 Å². The Morgan fingerprint density at radius 1 is 0.917 bits per heavy atom. The van der Waals surface area contributed by atoms with Gasteiger partial charge >= 0.3 is 0 Å². The lowest BCUT2D eigenvalue weighted by Crippen LogP contribution is -2.36. The summed E-state index contributed by atoms with van der Waals surface area (Å²) in [6.45, 7) is 0.902. The number of hydrogen-bond acceptors (Lipinski definition) is 2. The second-order valence-electron chi connectivity index (χ2n) is 7.50. The van der Waals surface area contributed by atoms with Gasteiger partial charge < -0.3 is 10.1 Å². The van der Waals surface area contributed by atoms with Gasteiger partial charge in [-0.15, -0.1) is 0 Å². The molecule has 0 saturated carbocycles. The molecule has 3 atom stereocenters. The Morgan fingerprint density at radius 2 is 1.79 bits per heavy atom. The van der Waals surface area contributed by atoms with Crippen LogP contribution in [0.1, 0.15) is 60.1 Å². The van der Waals surface area contributed by atoms with E-state index in [1.165, 1.54) is 55.3 Å². The molecule has 2 aromatic carbocycles. The molecule has 0 spiro atoms. The molecule has 2 nitrogen and oxygen atoms in total. The normalized spacial score (nSPS) is 28.2. The Balaban J connectivity index is 1.63. The maximum Gasteiger partial charge on any atom is 0.0895 e. The van der Waals surface area contributed by atoms with Crippen LogP contribution in [0.15, 0.2) is 42.5 Å². The monoisotopic (exact) mass is 319 g/mol. The van der Waals surface area contributed by atoms with Crippen LogP contribution in [0.4, 0.5) is 5.69 Å². The summed E-state index contributed by atoms with van der Waals surface area (Å²) >= 11 is 0. The van der Waals surface area contributed by atoms with Crippen molar-refractivity contribution in [1.82, 2.24) is 0 Å². The SMILES string of the molecule is c1ccc([C@H]2Nc3c(ccc4c3CCCC4)[C@@H]3OCCC[C@H]23)cc1. The largest absolute Gasteiger partial charge is 0.377 e. The third-order valence-corrected chi connectivity index (χ3v) is 6.13. The second-order valence-corrected chi connectivity index (χ2v) is 7.50. The highest BCUT2D eigenvalue weighted by atomic mass is 16.5. The maximum atomic E-state index is 6.31. The van der Waals surface area contributed by atoms with Gasteiger partial charge in [-0.2, -0.15) is 0 Å². The van der Waals surface area contributed by atoms with Gasteiger partial charge in [0.1, 0.15) is 0 Å². The van der Waals surface area contributed by atoms with Gasteiger partial charge in [0.05, 0.1) is 12.1 Å². The average Bonchev–Trinajstić information content (AvgIpc) is 2.67. The summed E-state index contributed by atoms with van der Waals surface area (Å²) in [5.41, 5.74) is 7.31. The molecule has 2 aliphatic heterocycles. The Labute approximate surface area is 144 Å². The average molecular weight is 319 g/mol. The van der Waals surface area contributed by atoms with Crippen molar-refractivity contribution in [2.45, 2.75) is 50.7 Å². The van der Waals surface area contributed by atoms with E-state index in [0.717, 1.165) is 6.61 Å². The predicted octanol–water partition coefficient (Wildman–Crippen LogP) is 5.20. The van der Waals surface area contributed by atoms with Crippen LogP contribution in [0.25, 0.3) is 0 Å². The van der Waals surface area contributed by atoms with Gasteiger partial charge in [-0.25, -0.2) is 0 Å². The molecule has 1 aliphatic carbocycles. The van der Waals surface area contributed by atoms with Gasteiger partial charge in [0.2, 0.25) is 0 Å². The zero-order chi connectivity index (χ0) is 15.9. The molecule has 24 heavy (non-hydrogen) atoms. The van der Waals surface area contributed by atoms with E-state index in [4.69, 9.17) is 4.74 Å². The highest BCUT2D eigenvalue weighted by Crippen LogP contribution is 2.51. The first-order valence-corrected chi connectivity index (χ1v) is 9.49. The molecule has 2 heteroatoms. The molecule has 0 aromatic heterocycles. The standard InChI is InChI=1S/C22H25NO/c1-2-8-16(9-3-1)20-18-11-6-14-24-22(18)19-13-12-15-7-4-5-10-17(15)21(19)23-20/h1-3,8-9,12-13,18,20,22-23H,4-7,10-11,14H2/t18-,20-,22-/m1/s1. The van der Waals surface area contributed by atoms with Crippen molar-refractivity contribution in [3.05, 3.63) is 64.7 Å². The van der Waals surface area contributed by atoms with E-state index in [0.29, 0.717) is 12.0 Å². The summed E-state index contributed by atoms with van der Waals surface area (Å²) in [7, 11) is 0. The number of fused-ring (bicyclic) bond motifs is 5. The third-order valence-electron chi connectivity index (χ3n) is 6.13. The van der Waals surface area contributed by atoms with E-state index in [-0.39, 0.29) is 6.10 Å². The summed E-state index contributed by atoms with van der Waals surface area (Å²) < 4.78 is 6.31. The van der Waals surface area contributed by atoms with E-state index in [1.807, 2.05) is 0 Å². The van der Waals surface area contributed by atoms with Gasteiger partial charge in [0, 0.05) is 23.8 Å². The number of ether oxygens (including phenoxy) is 1. The smallest absolute Gasteiger partial charge is 0.0895 e. The molecule has 1 saturated heterocycles. The van der Waals surface area contributed by atoms with E-state index < -0.39 is 0 Å². The van der Waals surface area contributed by atoms with Gasteiger partial charge in [-0.1, -0.05) is 42.5 Å². The molecule has 0 radical (unpaired) electrons. The second kappa shape index (κ2) is 5.93. The minimum absolute atomic E-state index is 0.257. The van der Waals surface area contributed by atoms with Crippen LogP contribution in [0.2, 0.25) is 0 Å².